The van der Waals surface area contributed by atoms with Crippen molar-refractivity contribution in [1.82, 2.24) is 0 Å². The Morgan fingerprint density at radius 1 is 1.33 bits per heavy atom. The third-order valence-corrected chi connectivity index (χ3v) is 4.90. The van der Waals surface area contributed by atoms with E-state index in [1.807, 2.05) is 6.07 Å². The van der Waals surface area contributed by atoms with Gasteiger partial charge in [0.05, 0.1) is 18.1 Å². The lowest BCUT2D eigenvalue weighted by atomic mass is 9.76. The minimum absolute atomic E-state index is 0.0967. The van der Waals surface area contributed by atoms with E-state index in [1.54, 1.807) is 19.1 Å². The summed E-state index contributed by atoms with van der Waals surface area (Å²) in [6.07, 6.45) is 4.33. The molecule has 1 aromatic carbocycles. The molecule has 3 unspecified atom stereocenters. The maximum absolute atomic E-state index is 12.7. The van der Waals surface area contributed by atoms with E-state index in [2.05, 4.69) is 0 Å². The predicted molar refractivity (Wildman–Crippen MR) is 79.3 cm³/mol. The summed E-state index contributed by atoms with van der Waals surface area (Å²) in [5, 5.41) is 0. The number of amides is 1. The number of rotatable bonds is 2. The molecular weight excluding hydrogens is 266 g/mol. The monoisotopic (exact) mass is 287 g/mol. The number of nitrogens with two attached hydrogens (primary N) is 1. The summed E-state index contributed by atoms with van der Waals surface area (Å²) in [6, 6.07) is 5.42. The summed E-state index contributed by atoms with van der Waals surface area (Å²) < 4.78 is 5.89. The number of carbonyl (C=O) groups excluding carboxylic acids is 2. The topological polar surface area (TPSA) is 69.4 Å². The smallest absolute Gasteiger partial charge is 0.224 e. The van der Waals surface area contributed by atoms with Crippen molar-refractivity contribution in [1.29, 1.82) is 0 Å². The second kappa shape index (κ2) is 5.51. The largest absolute Gasteiger partial charge is 0.493 e. The third-order valence-electron chi connectivity index (χ3n) is 4.90. The molecule has 3 rings (SSSR count). The number of fused-ring (bicyclic) bond motifs is 2. The molecule has 1 aliphatic heterocycles. The molecule has 4 heteroatoms. The summed E-state index contributed by atoms with van der Waals surface area (Å²) in [5.41, 5.74) is 6.81. The maximum Gasteiger partial charge on any atom is 0.224 e. The summed E-state index contributed by atoms with van der Waals surface area (Å²) in [4.78, 5) is 24.0. The minimum Gasteiger partial charge on any atom is -0.493 e. The van der Waals surface area contributed by atoms with Crippen molar-refractivity contribution in [2.45, 2.75) is 38.5 Å². The zero-order valence-electron chi connectivity index (χ0n) is 12.3. The first-order valence-corrected chi connectivity index (χ1v) is 7.68. The molecule has 0 radical (unpaired) electrons. The van der Waals surface area contributed by atoms with Crippen molar-refractivity contribution < 1.29 is 14.3 Å². The molecule has 21 heavy (non-hydrogen) atoms. The Morgan fingerprint density at radius 3 is 2.86 bits per heavy atom. The molecule has 0 saturated heterocycles. The van der Waals surface area contributed by atoms with Gasteiger partial charge in [0.1, 0.15) is 5.75 Å². The van der Waals surface area contributed by atoms with Gasteiger partial charge in [-0.15, -0.1) is 0 Å². The first-order chi connectivity index (χ1) is 10.1. The molecule has 2 aliphatic rings. The van der Waals surface area contributed by atoms with Crippen LogP contribution in [0.1, 0.15) is 54.4 Å². The minimum atomic E-state index is -0.375. The first kappa shape index (κ1) is 14.1. The number of primary amides is 1. The third kappa shape index (κ3) is 2.55. The highest BCUT2D eigenvalue weighted by Gasteiger charge is 2.36. The molecular formula is C17H21NO3. The quantitative estimate of drug-likeness (QED) is 0.909. The second-order valence-electron chi connectivity index (χ2n) is 6.21. The fraction of sp³-hybridized carbons (Fsp3) is 0.529. The molecule has 0 spiro atoms. The van der Waals surface area contributed by atoms with Crippen LogP contribution in [-0.4, -0.2) is 18.3 Å². The Morgan fingerprint density at radius 2 is 2.10 bits per heavy atom. The zero-order valence-corrected chi connectivity index (χ0v) is 12.3. The Kier molecular flexibility index (Phi) is 3.70. The molecule has 1 aliphatic carbocycles. The molecule has 1 saturated carbocycles. The SMILES string of the molecule is CC(C(N)=O)c1ccc2c(c1)OCC1CCCCC1C2=O. The molecule has 2 N–H and O–H groups in total. The van der Waals surface area contributed by atoms with Gasteiger partial charge < -0.3 is 10.5 Å². The van der Waals surface area contributed by atoms with Crippen LogP contribution in [0.5, 0.6) is 5.75 Å². The highest BCUT2D eigenvalue weighted by molar-refractivity contribution is 6.01. The predicted octanol–water partition coefficient (Wildman–Crippen LogP) is 2.66. The fourth-order valence-corrected chi connectivity index (χ4v) is 3.44. The Balaban J connectivity index is 1.95. The van der Waals surface area contributed by atoms with Gasteiger partial charge in [0.15, 0.2) is 5.78 Å². The van der Waals surface area contributed by atoms with Crippen LogP contribution < -0.4 is 10.5 Å². The van der Waals surface area contributed by atoms with E-state index in [9.17, 15) is 9.59 Å². The standard InChI is InChI=1S/C17H21NO3/c1-10(17(18)20)11-6-7-14-15(8-11)21-9-12-4-2-3-5-13(12)16(14)19/h6-8,10,12-13H,2-5,9H2,1H3,(H2,18,20). The van der Waals surface area contributed by atoms with E-state index in [0.717, 1.165) is 24.8 Å². The molecule has 4 nitrogen and oxygen atoms in total. The number of carbonyl (C=O) groups is 2. The van der Waals surface area contributed by atoms with Crippen LogP contribution in [0.2, 0.25) is 0 Å². The molecule has 0 bridgehead atoms. The van der Waals surface area contributed by atoms with Crippen LogP contribution in [0, 0.1) is 11.8 Å². The van der Waals surface area contributed by atoms with Crippen molar-refractivity contribution >= 4 is 11.7 Å². The highest BCUT2D eigenvalue weighted by Crippen LogP contribution is 2.38. The lowest BCUT2D eigenvalue weighted by molar-refractivity contribution is -0.119. The van der Waals surface area contributed by atoms with Crippen LogP contribution in [0.3, 0.4) is 0 Å². The van der Waals surface area contributed by atoms with E-state index in [1.165, 1.54) is 6.42 Å². The normalized spacial score (nSPS) is 26.0. The number of hydrogen-bond donors (Lipinski definition) is 1. The van der Waals surface area contributed by atoms with Crippen LogP contribution >= 0.6 is 0 Å². The summed E-state index contributed by atoms with van der Waals surface area (Å²) in [7, 11) is 0. The molecule has 1 heterocycles. The molecule has 1 fully saturated rings. The number of ketones is 1. The second-order valence-corrected chi connectivity index (χ2v) is 6.21. The van der Waals surface area contributed by atoms with Gasteiger partial charge in [-0.2, -0.15) is 0 Å². The van der Waals surface area contributed by atoms with Crippen LogP contribution in [0.4, 0.5) is 0 Å². The van der Waals surface area contributed by atoms with E-state index in [0.29, 0.717) is 23.8 Å². The van der Waals surface area contributed by atoms with Crippen molar-refractivity contribution in [3.05, 3.63) is 29.3 Å². The van der Waals surface area contributed by atoms with Crippen LogP contribution in [-0.2, 0) is 4.79 Å². The molecule has 1 amide bonds. The van der Waals surface area contributed by atoms with Crippen molar-refractivity contribution in [2.75, 3.05) is 6.61 Å². The van der Waals surface area contributed by atoms with Crippen LogP contribution in [0.25, 0.3) is 0 Å². The zero-order chi connectivity index (χ0) is 15.0. The Hall–Kier alpha value is -1.84. The molecule has 3 atom stereocenters. The van der Waals surface area contributed by atoms with E-state index in [4.69, 9.17) is 10.5 Å². The summed E-state index contributed by atoms with van der Waals surface area (Å²) in [5.74, 6) is 0.489. The van der Waals surface area contributed by atoms with Gasteiger partial charge in [-0.3, -0.25) is 9.59 Å². The summed E-state index contributed by atoms with van der Waals surface area (Å²) >= 11 is 0. The maximum atomic E-state index is 12.7. The molecule has 0 aromatic heterocycles. The van der Waals surface area contributed by atoms with Crippen molar-refractivity contribution in [2.24, 2.45) is 17.6 Å². The fourth-order valence-electron chi connectivity index (χ4n) is 3.44. The Bertz CT molecular complexity index is 581. The average molecular weight is 287 g/mol. The Labute approximate surface area is 124 Å². The van der Waals surface area contributed by atoms with E-state index in [-0.39, 0.29) is 23.5 Å². The highest BCUT2D eigenvalue weighted by atomic mass is 16.5. The van der Waals surface area contributed by atoms with E-state index >= 15 is 0 Å². The first-order valence-electron chi connectivity index (χ1n) is 7.68. The lowest BCUT2D eigenvalue weighted by Gasteiger charge is -2.27. The molecule has 1 aromatic rings. The number of benzene rings is 1. The van der Waals surface area contributed by atoms with Gasteiger partial charge in [-0.25, -0.2) is 0 Å². The van der Waals surface area contributed by atoms with Gasteiger partial charge in [-0.05, 0) is 37.5 Å². The number of Topliss-reactive ketones (excluding diaryl/α,β-unsaturated/α-hetero) is 1. The number of hydrogen-bond acceptors (Lipinski definition) is 3. The molecule has 112 valence electrons. The summed E-state index contributed by atoms with van der Waals surface area (Å²) in [6.45, 7) is 2.36. The lowest BCUT2D eigenvalue weighted by Crippen LogP contribution is -2.28. The average Bonchev–Trinajstić information content (AvgIpc) is 2.64. The van der Waals surface area contributed by atoms with Gasteiger partial charge in [0, 0.05) is 11.8 Å². The van der Waals surface area contributed by atoms with Crippen molar-refractivity contribution in [3.8, 4) is 5.75 Å². The van der Waals surface area contributed by atoms with Gasteiger partial charge in [0.2, 0.25) is 5.91 Å². The van der Waals surface area contributed by atoms with Gasteiger partial charge in [-0.1, -0.05) is 18.9 Å². The van der Waals surface area contributed by atoms with Gasteiger partial charge in [0.25, 0.3) is 0 Å². The van der Waals surface area contributed by atoms with Crippen LogP contribution in [0.15, 0.2) is 18.2 Å². The van der Waals surface area contributed by atoms with Gasteiger partial charge >= 0.3 is 0 Å². The van der Waals surface area contributed by atoms with Crippen molar-refractivity contribution in [3.63, 3.8) is 0 Å². The number of ether oxygens (including phenoxy) is 1. The van der Waals surface area contributed by atoms with E-state index < -0.39 is 0 Å².